The molecule has 1 aromatic carbocycles. The second kappa shape index (κ2) is 6.10. The van der Waals surface area contributed by atoms with E-state index in [-0.39, 0.29) is 17.5 Å². The van der Waals surface area contributed by atoms with Crippen LogP contribution < -0.4 is 5.32 Å². The van der Waals surface area contributed by atoms with E-state index in [4.69, 9.17) is 0 Å². The molecule has 0 fully saturated rings. The molecular formula is C12H15F2NO3S. The number of amides is 1. The van der Waals surface area contributed by atoms with E-state index in [1.54, 1.807) is 0 Å². The lowest BCUT2D eigenvalue weighted by atomic mass is 10.2. The van der Waals surface area contributed by atoms with Crippen LogP contribution in [-0.4, -0.2) is 26.1 Å². The van der Waals surface area contributed by atoms with Crippen molar-refractivity contribution in [2.45, 2.75) is 37.0 Å². The minimum atomic E-state index is -4.61. The van der Waals surface area contributed by atoms with Gasteiger partial charge >= 0.3 is 5.76 Å². The zero-order chi connectivity index (χ0) is 14.6. The van der Waals surface area contributed by atoms with Gasteiger partial charge < -0.3 is 5.32 Å². The van der Waals surface area contributed by atoms with Crippen molar-refractivity contribution in [1.29, 1.82) is 0 Å². The van der Waals surface area contributed by atoms with Gasteiger partial charge in [-0.05, 0) is 37.6 Å². The van der Waals surface area contributed by atoms with Crippen molar-refractivity contribution >= 4 is 15.7 Å². The van der Waals surface area contributed by atoms with Crippen molar-refractivity contribution in [3.8, 4) is 0 Å². The molecule has 1 atom stereocenters. The number of nitrogens with one attached hydrogen (secondary N) is 1. The monoisotopic (exact) mass is 291 g/mol. The molecule has 0 radical (unpaired) electrons. The van der Waals surface area contributed by atoms with Crippen molar-refractivity contribution in [3.63, 3.8) is 0 Å². The van der Waals surface area contributed by atoms with Crippen LogP contribution in [-0.2, 0) is 9.84 Å². The lowest BCUT2D eigenvalue weighted by molar-refractivity contribution is 0.0939. The Morgan fingerprint density at radius 3 is 2.21 bits per heavy atom. The van der Waals surface area contributed by atoms with Crippen molar-refractivity contribution < 1.29 is 22.0 Å². The molecule has 0 aliphatic rings. The fraction of sp³-hybridized carbons (Fsp3) is 0.417. The normalized spacial score (nSPS) is 13.3. The number of rotatable bonds is 5. The summed E-state index contributed by atoms with van der Waals surface area (Å²) < 4.78 is 47.0. The van der Waals surface area contributed by atoms with Crippen LogP contribution in [0.1, 0.15) is 30.6 Å². The number of alkyl halides is 2. The number of carbonyl (C=O) groups is 1. The molecule has 1 amide bonds. The zero-order valence-corrected chi connectivity index (χ0v) is 11.4. The highest BCUT2D eigenvalue weighted by Gasteiger charge is 2.26. The van der Waals surface area contributed by atoms with Gasteiger partial charge in [0.15, 0.2) is 0 Å². The van der Waals surface area contributed by atoms with Crippen molar-refractivity contribution in [2.75, 3.05) is 0 Å². The average molecular weight is 291 g/mol. The first-order valence-corrected chi connectivity index (χ1v) is 7.26. The second-order valence-electron chi connectivity index (χ2n) is 4.11. The lowest BCUT2D eigenvalue weighted by Crippen LogP contribution is -2.31. The predicted octanol–water partition coefficient (Wildman–Crippen LogP) is 2.21. The quantitative estimate of drug-likeness (QED) is 0.904. The summed E-state index contributed by atoms with van der Waals surface area (Å²) >= 11 is 0. The van der Waals surface area contributed by atoms with E-state index in [1.165, 1.54) is 12.1 Å². The molecule has 0 aliphatic carbocycles. The third-order valence-corrected chi connectivity index (χ3v) is 4.07. The van der Waals surface area contributed by atoms with Gasteiger partial charge in [-0.25, -0.2) is 8.42 Å². The van der Waals surface area contributed by atoms with Crippen LogP contribution in [0.15, 0.2) is 29.2 Å². The molecule has 0 saturated heterocycles. The maximum absolute atomic E-state index is 12.3. The summed E-state index contributed by atoms with van der Waals surface area (Å²) in [7, 11) is -4.61. The number of carbonyl (C=O) groups excluding carboxylic acids is 1. The predicted molar refractivity (Wildman–Crippen MR) is 66.9 cm³/mol. The van der Waals surface area contributed by atoms with Gasteiger partial charge in [-0.15, -0.1) is 0 Å². The van der Waals surface area contributed by atoms with Gasteiger partial charge in [0, 0.05) is 11.6 Å². The molecule has 1 N–H and O–H groups in total. The maximum atomic E-state index is 12.3. The smallest absolute Gasteiger partial charge is 0.341 e. The number of halogens is 2. The molecule has 0 spiro atoms. The van der Waals surface area contributed by atoms with Crippen LogP contribution in [0.4, 0.5) is 8.78 Å². The number of benzene rings is 1. The van der Waals surface area contributed by atoms with Crippen molar-refractivity contribution in [1.82, 2.24) is 5.32 Å². The number of sulfone groups is 1. The van der Waals surface area contributed by atoms with Gasteiger partial charge in [0.1, 0.15) is 0 Å². The molecule has 0 aromatic heterocycles. The Balaban J connectivity index is 2.91. The number of hydrogen-bond donors (Lipinski definition) is 1. The van der Waals surface area contributed by atoms with Gasteiger partial charge in [-0.3, -0.25) is 4.79 Å². The Morgan fingerprint density at radius 1 is 1.26 bits per heavy atom. The van der Waals surface area contributed by atoms with Crippen LogP contribution in [0.5, 0.6) is 0 Å². The molecule has 7 heteroatoms. The average Bonchev–Trinajstić information content (AvgIpc) is 2.38. The fourth-order valence-corrected chi connectivity index (χ4v) is 2.03. The molecule has 1 rings (SSSR count). The first kappa shape index (κ1) is 15.6. The molecule has 0 aliphatic heterocycles. The summed E-state index contributed by atoms with van der Waals surface area (Å²) in [5.41, 5.74) is 0.230. The molecule has 1 aromatic rings. The number of hydrogen-bond acceptors (Lipinski definition) is 3. The minimum absolute atomic E-state index is 0.0167. The Bertz CT molecular complexity index is 541. The van der Waals surface area contributed by atoms with Crippen LogP contribution in [0.25, 0.3) is 0 Å². The highest BCUT2D eigenvalue weighted by Crippen LogP contribution is 2.18. The van der Waals surface area contributed by atoms with E-state index in [1.807, 2.05) is 13.8 Å². The van der Waals surface area contributed by atoms with E-state index in [9.17, 15) is 22.0 Å². The van der Waals surface area contributed by atoms with Gasteiger partial charge in [-0.2, -0.15) is 8.78 Å². The van der Waals surface area contributed by atoms with Crippen molar-refractivity contribution in [3.05, 3.63) is 29.8 Å². The van der Waals surface area contributed by atoms with E-state index in [0.29, 0.717) is 0 Å². The fourth-order valence-electron chi connectivity index (χ4n) is 1.31. The Hall–Kier alpha value is -1.50. The summed E-state index contributed by atoms with van der Waals surface area (Å²) in [6.45, 7) is 3.73. The van der Waals surface area contributed by atoms with E-state index in [2.05, 4.69) is 5.32 Å². The third kappa shape index (κ3) is 3.73. The van der Waals surface area contributed by atoms with Gasteiger partial charge in [0.05, 0.1) is 4.90 Å². The first-order chi connectivity index (χ1) is 8.78. The second-order valence-corrected chi connectivity index (χ2v) is 6.03. The highest BCUT2D eigenvalue weighted by atomic mass is 32.2. The van der Waals surface area contributed by atoms with Gasteiger partial charge in [0.2, 0.25) is 9.84 Å². The van der Waals surface area contributed by atoms with Gasteiger partial charge in [0.25, 0.3) is 5.91 Å². The van der Waals surface area contributed by atoms with Gasteiger partial charge in [-0.1, -0.05) is 6.92 Å². The van der Waals surface area contributed by atoms with Crippen LogP contribution in [0.2, 0.25) is 0 Å². The Kier molecular flexibility index (Phi) is 4.99. The Morgan fingerprint density at radius 2 is 1.79 bits per heavy atom. The molecule has 0 heterocycles. The highest BCUT2D eigenvalue weighted by molar-refractivity contribution is 7.91. The minimum Gasteiger partial charge on any atom is -0.350 e. The molecule has 1 unspecified atom stereocenters. The molecule has 0 saturated carbocycles. The van der Waals surface area contributed by atoms with Crippen LogP contribution in [0.3, 0.4) is 0 Å². The van der Waals surface area contributed by atoms with E-state index < -0.39 is 20.5 Å². The molecular weight excluding hydrogens is 276 g/mol. The van der Waals surface area contributed by atoms with Crippen molar-refractivity contribution in [2.24, 2.45) is 0 Å². The zero-order valence-electron chi connectivity index (χ0n) is 10.6. The third-order valence-electron chi connectivity index (χ3n) is 2.67. The molecule has 19 heavy (non-hydrogen) atoms. The largest absolute Gasteiger partial charge is 0.350 e. The summed E-state index contributed by atoms with van der Waals surface area (Å²) in [5, 5.41) is 2.69. The molecule has 4 nitrogen and oxygen atoms in total. The summed E-state index contributed by atoms with van der Waals surface area (Å²) in [4.78, 5) is 11.2. The Labute approximate surface area is 110 Å². The summed E-state index contributed by atoms with van der Waals surface area (Å²) in [6.07, 6.45) is 0.754. The summed E-state index contributed by atoms with van der Waals surface area (Å²) in [5.74, 6) is -3.83. The van der Waals surface area contributed by atoms with Crippen LogP contribution in [0, 0.1) is 0 Å². The molecule has 106 valence electrons. The van der Waals surface area contributed by atoms with Crippen LogP contribution >= 0.6 is 0 Å². The molecule has 0 bridgehead atoms. The maximum Gasteiger partial charge on any atom is 0.341 e. The van der Waals surface area contributed by atoms with E-state index >= 15 is 0 Å². The summed E-state index contributed by atoms with van der Waals surface area (Å²) in [6, 6.07) is 4.43. The topological polar surface area (TPSA) is 63.2 Å². The standard InChI is InChI=1S/C12H15F2NO3S/c1-3-8(2)15-11(16)9-4-6-10(7-5-9)19(17,18)12(13)14/h4-8,12H,3H2,1-2H3,(H,15,16). The SMILES string of the molecule is CCC(C)NC(=O)c1ccc(S(=O)(=O)C(F)F)cc1. The first-order valence-electron chi connectivity index (χ1n) is 5.72. The van der Waals surface area contributed by atoms with E-state index in [0.717, 1.165) is 18.6 Å². The lowest BCUT2D eigenvalue weighted by Gasteiger charge is -2.11.